The van der Waals surface area contributed by atoms with Crippen molar-refractivity contribution >= 4 is 16.9 Å². The average molecular weight is 512 g/mol. The van der Waals surface area contributed by atoms with Gasteiger partial charge in [-0.3, -0.25) is 10.1 Å². The fraction of sp³-hybridized carbons (Fsp3) is 0.0270. The van der Waals surface area contributed by atoms with Crippen LogP contribution in [-0.2, 0) is 5.54 Å². The number of aliphatic imine (C=N–C) groups is 1. The molecule has 1 aliphatic carbocycles. The number of hydrogen-bond donors (Lipinski definition) is 1. The molecule has 8 rings (SSSR count). The number of nitrogens with zero attached hydrogens (tertiary/aromatic N) is 2. The molecule has 0 saturated heterocycles. The van der Waals surface area contributed by atoms with Crippen LogP contribution in [0.4, 0.5) is 0 Å². The lowest BCUT2D eigenvalue weighted by molar-refractivity contribution is 0.715. The Morgan fingerprint density at radius 1 is 0.525 bits per heavy atom. The van der Waals surface area contributed by atoms with Crippen LogP contribution in [0.2, 0.25) is 0 Å². The first-order valence-electron chi connectivity index (χ1n) is 13.6. The van der Waals surface area contributed by atoms with Gasteiger partial charge in [0.2, 0.25) is 0 Å². The summed E-state index contributed by atoms with van der Waals surface area (Å²) < 4.78 is 0. The van der Waals surface area contributed by atoms with Crippen molar-refractivity contribution in [2.75, 3.05) is 0 Å². The molecule has 1 N–H and O–H groups in total. The Morgan fingerprint density at radius 2 is 1.07 bits per heavy atom. The zero-order valence-corrected chi connectivity index (χ0v) is 21.8. The van der Waals surface area contributed by atoms with Crippen molar-refractivity contribution in [1.29, 1.82) is 0 Å². The summed E-state index contributed by atoms with van der Waals surface area (Å²) in [6, 6.07) is 51.1. The Bertz CT molecular complexity index is 1900. The van der Waals surface area contributed by atoms with Crippen LogP contribution in [0.1, 0.15) is 27.8 Å². The van der Waals surface area contributed by atoms with Gasteiger partial charge in [0, 0.05) is 33.4 Å². The summed E-state index contributed by atoms with van der Waals surface area (Å²) in [6.45, 7) is 0. The van der Waals surface area contributed by atoms with E-state index in [0.29, 0.717) is 0 Å². The third kappa shape index (κ3) is 3.18. The van der Waals surface area contributed by atoms with Gasteiger partial charge in [-0.05, 0) is 16.7 Å². The van der Waals surface area contributed by atoms with Gasteiger partial charge in [0.1, 0.15) is 11.2 Å². The fourth-order valence-corrected chi connectivity index (χ4v) is 6.42. The summed E-state index contributed by atoms with van der Waals surface area (Å²) in [5, 5.41) is 8.42. The number of hydrogen-bond acceptors (Lipinski definition) is 2. The topological polar surface area (TPSA) is 41.0 Å². The molecule has 188 valence electrons. The van der Waals surface area contributed by atoms with Crippen molar-refractivity contribution in [1.82, 2.24) is 10.2 Å². The first-order chi connectivity index (χ1) is 19.9. The van der Waals surface area contributed by atoms with E-state index in [0.717, 1.165) is 61.6 Å². The number of rotatable bonds is 4. The van der Waals surface area contributed by atoms with Crippen molar-refractivity contribution in [3.8, 4) is 22.5 Å². The van der Waals surface area contributed by atoms with Crippen LogP contribution in [0, 0.1) is 0 Å². The van der Waals surface area contributed by atoms with E-state index >= 15 is 0 Å². The van der Waals surface area contributed by atoms with E-state index < -0.39 is 5.54 Å². The highest BCUT2D eigenvalue weighted by Crippen LogP contribution is 2.61. The highest BCUT2D eigenvalue weighted by Gasteiger charge is 2.52. The van der Waals surface area contributed by atoms with E-state index in [9.17, 15) is 0 Å². The van der Waals surface area contributed by atoms with Gasteiger partial charge >= 0.3 is 0 Å². The van der Waals surface area contributed by atoms with Crippen molar-refractivity contribution in [2.45, 2.75) is 5.54 Å². The van der Waals surface area contributed by atoms with Gasteiger partial charge in [-0.25, -0.2) is 0 Å². The van der Waals surface area contributed by atoms with Gasteiger partial charge in [-0.2, -0.15) is 5.10 Å². The normalized spacial score (nSPS) is 17.1. The highest BCUT2D eigenvalue weighted by molar-refractivity contribution is 6.41. The lowest BCUT2D eigenvalue weighted by Crippen LogP contribution is -2.29. The molecule has 3 heteroatoms. The summed E-state index contributed by atoms with van der Waals surface area (Å²) in [4.78, 5) is 5.80. The second-order valence-corrected chi connectivity index (χ2v) is 10.3. The molecule has 0 fully saturated rings. The largest absolute Gasteiger partial charge is 0.277 e. The van der Waals surface area contributed by atoms with E-state index in [1.54, 1.807) is 0 Å². The summed E-state index contributed by atoms with van der Waals surface area (Å²) in [7, 11) is 0. The predicted molar refractivity (Wildman–Crippen MR) is 163 cm³/mol. The van der Waals surface area contributed by atoms with Crippen LogP contribution in [0.15, 0.2) is 151 Å². The number of aromatic amines is 1. The van der Waals surface area contributed by atoms with E-state index in [-0.39, 0.29) is 0 Å². The third-order valence-corrected chi connectivity index (χ3v) is 8.08. The Kier molecular flexibility index (Phi) is 5.04. The van der Waals surface area contributed by atoms with Crippen LogP contribution in [0.3, 0.4) is 0 Å². The molecule has 2 heterocycles. The maximum Gasteiger partial charge on any atom is 0.138 e. The average Bonchev–Trinajstić information content (AvgIpc) is 3.64. The molecular formula is C37H25N3. The smallest absolute Gasteiger partial charge is 0.138 e. The first-order valence-corrected chi connectivity index (χ1v) is 13.6. The maximum atomic E-state index is 5.80. The molecule has 1 aliphatic heterocycles. The predicted octanol–water partition coefficient (Wildman–Crippen LogP) is 8.41. The van der Waals surface area contributed by atoms with Gasteiger partial charge in [-0.1, -0.05) is 146 Å². The second kappa shape index (κ2) is 8.89. The number of fused-ring (bicyclic) bond motifs is 6. The van der Waals surface area contributed by atoms with Gasteiger partial charge < -0.3 is 0 Å². The number of allylic oxidation sites excluding steroid dienone is 1. The van der Waals surface area contributed by atoms with E-state index in [1.807, 2.05) is 6.07 Å². The molecule has 3 nitrogen and oxygen atoms in total. The molecule has 0 spiro atoms. The zero-order valence-electron chi connectivity index (χ0n) is 21.8. The molecule has 1 aromatic heterocycles. The minimum atomic E-state index is -0.741. The van der Waals surface area contributed by atoms with Crippen LogP contribution >= 0.6 is 0 Å². The van der Waals surface area contributed by atoms with Crippen molar-refractivity contribution in [3.05, 3.63) is 173 Å². The molecule has 40 heavy (non-hydrogen) atoms. The molecule has 0 saturated carbocycles. The fourth-order valence-electron chi connectivity index (χ4n) is 6.42. The molecule has 0 bridgehead atoms. The molecule has 1 atom stereocenters. The van der Waals surface area contributed by atoms with Crippen molar-refractivity contribution < 1.29 is 0 Å². The highest BCUT2D eigenvalue weighted by atomic mass is 15.1. The number of aromatic nitrogens is 2. The number of H-pyrrole nitrogens is 1. The third-order valence-electron chi connectivity index (χ3n) is 8.08. The van der Waals surface area contributed by atoms with Crippen LogP contribution in [-0.4, -0.2) is 15.9 Å². The molecule has 0 radical (unpaired) electrons. The van der Waals surface area contributed by atoms with Gasteiger partial charge in [0.25, 0.3) is 0 Å². The van der Waals surface area contributed by atoms with E-state index in [4.69, 9.17) is 10.1 Å². The van der Waals surface area contributed by atoms with Crippen LogP contribution in [0.25, 0.3) is 33.7 Å². The second-order valence-electron chi connectivity index (χ2n) is 10.3. The Hall–Kier alpha value is -5.28. The Balaban J connectivity index is 1.60. The molecule has 1 unspecified atom stereocenters. The SMILES string of the molecule is c1ccc(C2=NC3(c4ccccc4)C(=C2c2ccccc2)c2c(-c4ccccc4)n[nH]c2-c2ccccc23)cc1. The van der Waals surface area contributed by atoms with Gasteiger partial charge in [0.15, 0.2) is 0 Å². The molecule has 2 aliphatic rings. The molecule has 0 amide bonds. The zero-order chi connectivity index (χ0) is 26.5. The summed E-state index contributed by atoms with van der Waals surface area (Å²) in [5.74, 6) is 0. The minimum Gasteiger partial charge on any atom is -0.277 e. The number of benzene rings is 5. The maximum absolute atomic E-state index is 5.80. The van der Waals surface area contributed by atoms with Crippen LogP contribution < -0.4 is 0 Å². The minimum absolute atomic E-state index is 0.741. The lowest BCUT2D eigenvalue weighted by Gasteiger charge is -2.37. The Morgan fingerprint density at radius 3 is 1.75 bits per heavy atom. The number of nitrogens with one attached hydrogen (secondary N) is 1. The summed E-state index contributed by atoms with van der Waals surface area (Å²) in [5.41, 5.74) is 12.4. The molecular weight excluding hydrogens is 486 g/mol. The van der Waals surface area contributed by atoms with E-state index in [2.05, 4.69) is 145 Å². The molecule has 6 aromatic rings. The summed E-state index contributed by atoms with van der Waals surface area (Å²) in [6.07, 6.45) is 0. The molecule has 5 aromatic carbocycles. The monoisotopic (exact) mass is 511 g/mol. The Labute approximate surface area is 233 Å². The van der Waals surface area contributed by atoms with Crippen LogP contribution in [0.5, 0.6) is 0 Å². The van der Waals surface area contributed by atoms with Crippen molar-refractivity contribution in [3.63, 3.8) is 0 Å². The standard InChI is InChI=1S/C37H25N3/c1-5-15-25(16-6-1)31-33-32-35(27-19-9-3-10-20-27)39-40-36(32)29-23-13-14-24-30(29)37(33,28-21-11-4-12-22-28)38-34(31)26-17-7-2-8-18-26/h1-24H,(H,39,40). The summed E-state index contributed by atoms with van der Waals surface area (Å²) >= 11 is 0. The van der Waals surface area contributed by atoms with Gasteiger partial charge in [0.05, 0.1) is 11.4 Å². The van der Waals surface area contributed by atoms with E-state index in [1.165, 1.54) is 5.57 Å². The lowest BCUT2D eigenvalue weighted by atomic mass is 9.67. The first kappa shape index (κ1) is 22.7. The van der Waals surface area contributed by atoms with Gasteiger partial charge in [-0.15, -0.1) is 0 Å². The van der Waals surface area contributed by atoms with Crippen molar-refractivity contribution in [2.24, 2.45) is 4.99 Å². The quantitative estimate of drug-likeness (QED) is 0.254.